The first-order valence-corrected chi connectivity index (χ1v) is 13.2. The number of aromatic amines is 1. The molecule has 1 aromatic carbocycles. The van der Waals surface area contributed by atoms with Gasteiger partial charge < -0.3 is 19.4 Å². The van der Waals surface area contributed by atoms with Crippen molar-refractivity contribution in [3.8, 4) is 11.3 Å². The van der Waals surface area contributed by atoms with Crippen molar-refractivity contribution in [3.05, 3.63) is 60.3 Å². The molecule has 0 amide bonds. The molecule has 4 aromatic heterocycles. The summed E-state index contributed by atoms with van der Waals surface area (Å²) < 4.78 is 9.49. The zero-order valence-corrected chi connectivity index (χ0v) is 20.8. The van der Waals surface area contributed by atoms with Gasteiger partial charge in [0.25, 0.3) is 0 Å². The Morgan fingerprint density at radius 2 is 2.00 bits per heavy atom. The molecular weight excluding hydrogens is 466 g/mol. The number of pyridine rings is 1. The molecule has 0 spiro atoms. The molecule has 0 bridgehead atoms. The van der Waals surface area contributed by atoms with Crippen LogP contribution in [0.15, 0.2) is 49.1 Å². The SMILES string of the molecule is c1cc2nc(Cn3cc(-c4cc(N5CCOCC5)cc5[nH]ncc45)nn3)cn2cc1CNCC1CCC1. The Bertz CT molecular complexity index is 1520. The van der Waals surface area contributed by atoms with Crippen LogP contribution in [0.2, 0.25) is 0 Å². The van der Waals surface area contributed by atoms with Crippen LogP contribution in [0.3, 0.4) is 0 Å². The number of imidazole rings is 1. The van der Waals surface area contributed by atoms with Crippen LogP contribution >= 0.6 is 0 Å². The fraction of sp³-hybridized carbons (Fsp3) is 0.407. The number of anilines is 1. The third-order valence-corrected chi connectivity index (χ3v) is 7.61. The van der Waals surface area contributed by atoms with Crippen LogP contribution in [0.25, 0.3) is 27.8 Å². The molecule has 2 N–H and O–H groups in total. The highest BCUT2D eigenvalue weighted by Crippen LogP contribution is 2.32. The average Bonchev–Trinajstić information content (AvgIpc) is 3.65. The standard InChI is InChI=1S/C27H31N9O/c1-2-19(3-1)12-28-13-20-4-5-27-30-21(16-35(27)15-20)17-36-18-26(32-33-36)23-10-22(34-6-8-37-9-7-34)11-25-24(23)14-29-31-25/h4-5,10-11,14-16,18-19,28H,1-3,6-9,12-13,17H2,(H,29,31). The maximum atomic E-state index is 5.53. The lowest BCUT2D eigenvalue weighted by molar-refractivity contribution is 0.122. The molecule has 10 nitrogen and oxygen atoms in total. The Balaban J connectivity index is 1.09. The number of aromatic nitrogens is 7. The summed E-state index contributed by atoms with van der Waals surface area (Å²) >= 11 is 0. The third kappa shape index (κ3) is 4.58. The molecule has 0 atom stereocenters. The summed E-state index contributed by atoms with van der Waals surface area (Å²) in [5, 5.41) is 21.0. The summed E-state index contributed by atoms with van der Waals surface area (Å²) in [5.74, 6) is 0.864. The monoisotopic (exact) mass is 497 g/mol. The van der Waals surface area contributed by atoms with E-state index < -0.39 is 0 Å². The first kappa shape index (κ1) is 22.4. The van der Waals surface area contributed by atoms with Crippen LogP contribution in [0.5, 0.6) is 0 Å². The van der Waals surface area contributed by atoms with E-state index in [0.29, 0.717) is 6.54 Å². The van der Waals surface area contributed by atoms with E-state index in [0.717, 1.165) is 84.5 Å². The van der Waals surface area contributed by atoms with Gasteiger partial charge in [-0.05, 0) is 49.1 Å². The second kappa shape index (κ2) is 9.60. The van der Waals surface area contributed by atoms with Gasteiger partial charge in [0.05, 0.1) is 43.4 Å². The van der Waals surface area contributed by atoms with Crippen LogP contribution in [-0.2, 0) is 17.8 Å². The van der Waals surface area contributed by atoms with Gasteiger partial charge in [-0.2, -0.15) is 5.10 Å². The molecular formula is C27H31N9O. The Morgan fingerprint density at radius 3 is 2.86 bits per heavy atom. The van der Waals surface area contributed by atoms with Crippen molar-refractivity contribution in [1.29, 1.82) is 0 Å². The first-order chi connectivity index (χ1) is 18.3. The highest BCUT2D eigenvalue weighted by Gasteiger charge is 2.18. The van der Waals surface area contributed by atoms with Gasteiger partial charge in [0.2, 0.25) is 0 Å². The Kier molecular flexibility index (Phi) is 5.82. The fourth-order valence-corrected chi connectivity index (χ4v) is 5.31. The van der Waals surface area contributed by atoms with Crippen LogP contribution in [0.1, 0.15) is 30.5 Å². The fourth-order valence-electron chi connectivity index (χ4n) is 5.31. The molecule has 190 valence electrons. The number of nitrogens with one attached hydrogen (secondary N) is 2. The lowest BCUT2D eigenvalue weighted by Gasteiger charge is -2.29. The summed E-state index contributed by atoms with van der Waals surface area (Å²) in [7, 11) is 0. The number of benzene rings is 1. The molecule has 5 aromatic rings. The van der Waals surface area contributed by atoms with Crippen molar-refractivity contribution in [1.82, 2.24) is 39.9 Å². The predicted molar refractivity (Wildman–Crippen MR) is 141 cm³/mol. The number of nitrogens with zero attached hydrogens (tertiary/aromatic N) is 7. The molecule has 1 saturated heterocycles. The summed E-state index contributed by atoms with van der Waals surface area (Å²) in [5.41, 5.74) is 7.14. The molecule has 0 unspecified atom stereocenters. The van der Waals surface area contributed by atoms with E-state index in [1.54, 1.807) is 0 Å². The topological polar surface area (TPSA) is 101 Å². The highest BCUT2D eigenvalue weighted by molar-refractivity contribution is 5.96. The molecule has 2 aliphatic rings. The van der Waals surface area contributed by atoms with E-state index in [1.807, 2.05) is 17.1 Å². The second-order valence-electron chi connectivity index (χ2n) is 10.2. The number of hydrogen-bond donors (Lipinski definition) is 2. The van der Waals surface area contributed by atoms with E-state index in [4.69, 9.17) is 9.72 Å². The predicted octanol–water partition coefficient (Wildman–Crippen LogP) is 3.24. The van der Waals surface area contributed by atoms with E-state index in [1.165, 1.54) is 24.8 Å². The van der Waals surface area contributed by atoms with Crippen LogP contribution in [0.4, 0.5) is 5.69 Å². The lowest BCUT2D eigenvalue weighted by atomic mass is 9.85. The highest BCUT2D eigenvalue weighted by atomic mass is 16.5. The van der Waals surface area contributed by atoms with Gasteiger partial charge in [-0.1, -0.05) is 17.7 Å². The van der Waals surface area contributed by atoms with Crippen molar-refractivity contribution >= 4 is 22.2 Å². The molecule has 2 fully saturated rings. The minimum absolute atomic E-state index is 0.557. The summed E-state index contributed by atoms with van der Waals surface area (Å²) in [6.45, 7) is 5.78. The van der Waals surface area contributed by atoms with Gasteiger partial charge in [0.15, 0.2) is 0 Å². The van der Waals surface area contributed by atoms with E-state index in [9.17, 15) is 0 Å². The maximum Gasteiger partial charge on any atom is 0.137 e. The van der Waals surface area contributed by atoms with Gasteiger partial charge >= 0.3 is 0 Å². The van der Waals surface area contributed by atoms with Gasteiger partial charge in [-0.15, -0.1) is 5.10 Å². The molecule has 37 heavy (non-hydrogen) atoms. The normalized spacial score (nSPS) is 16.6. The van der Waals surface area contributed by atoms with Crippen molar-refractivity contribution in [2.75, 3.05) is 37.7 Å². The Hall–Kier alpha value is -3.76. The van der Waals surface area contributed by atoms with Crippen LogP contribution in [0, 0.1) is 5.92 Å². The zero-order valence-electron chi connectivity index (χ0n) is 20.8. The van der Waals surface area contributed by atoms with E-state index in [2.05, 4.69) is 71.8 Å². The van der Waals surface area contributed by atoms with Gasteiger partial charge in [0, 0.05) is 48.7 Å². The van der Waals surface area contributed by atoms with Gasteiger partial charge in [-0.25, -0.2) is 9.67 Å². The number of H-pyrrole nitrogens is 1. The number of rotatable bonds is 8. The molecule has 5 heterocycles. The summed E-state index contributed by atoms with van der Waals surface area (Å²) in [6, 6.07) is 8.58. The minimum Gasteiger partial charge on any atom is -0.378 e. The first-order valence-electron chi connectivity index (χ1n) is 13.2. The molecule has 1 saturated carbocycles. The van der Waals surface area contributed by atoms with E-state index in [-0.39, 0.29) is 0 Å². The maximum absolute atomic E-state index is 5.53. The van der Waals surface area contributed by atoms with Crippen molar-refractivity contribution in [2.24, 2.45) is 5.92 Å². The van der Waals surface area contributed by atoms with Gasteiger partial charge in [0.1, 0.15) is 11.3 Å². The average molecular weight is 498 g/mol. The van der Waals surface area contributed by atoms with Crippen molar-refractivity contribution < 1.29 is 4.74 Å². The second-order valence-corrected chi connectivity index (χ2v) is 10.2. The van der Waals surface area contributed by atoms with E-state index >= 15 is 0 Å². The summed E-state index contributed by atoms with van der Waals surface area (Å²) in [4.78, 5) is 7.14. The quantitative estimate of drug-likeness (QED) is 0.339. The Morgan fingerprint density at radius 1 is 1.08 bits per heavy atom. The smallest absolute Gasteiger partial charge is 0.137 e. The van der Waals surface area contributed by atoms with Crippen molar-refractivity contribution in [3.63, 3.8) is 0 Å². The molecule has 0 radical (unpaired) electrons. The molecule has 10 heteroatoms. The van der Waals surface area contributed by atoms with Gasteiger partial charge in [-0.3, -0.25) is 5.10 Å². The minimum atomic E-state index is 0.557. The number of hydrogen-bond acceptors (Lipinski definition) is 7. The molecule has 7 rings (SSSR count). The zero-order chi connectivity index (χ0) is 24.6. The number of fused-ring (bicyclic) bond motifs is 2. The van der Waals surface area contributed by atoms with Crippen LogP contribution in [-0.4, -0.2) is 67.4 Å². The molecule has 1 aliphatic heterocycles. The van der Waals surface area contributed by atoms with Crippen molar-refractivity contribution in [2.45, 2.75) is 32.4 Å². The third-order valence-electron chi connectivity index (χ3n) is 7.61. The molecule has 1 aliphatic carbocycles. The summed E-state index contributed by atoms with van der Waals surface area (Å²) in [6.07, 6.45) is 12.2. The largest absolute Gasteiger partial charge is 0.378 e. The lowest BCUT2D eigenvalue weighted by Crippen LogP contribution is -2.36. The number of ether oxygens (including phenoxy) is 1. The Labute approximate surface area is 214 Å². The number of morpholine rings is 1. The van der Waals surface area contributed by atoms with Crippen LogP contribution < -0.4 is 10.2 Å².